The van der Waals surface area contributed by atoms with Crippen molar-refractivity contribution in [3.63, 3.8) is 0 Å². The van der Waals surface area contributed by atoms with Crippen LogP contribution in [0.1, 0.15) is 16.8 Å². The number of thioether (sulfide) groups is 1. The van der Waals surface area contributed by atoms with E-state index in [1.807, 2.05) is 44.0 Å². The third kappa shape index (κ3) is 3.01. The number of hydrogen-bond donors (Lipinski definition) is 2. The molecule has 2 N–H and O–H groups in total. The minimum absolute atomic E-state index is 0.327. The summed E-state index contributed by atoms with van der Waals surface area (Å²) in [6.45, 7) is 3.97. The summed E-state index contributed by atoms with van der Waals surface area (Å²) in [6, 6.07) is 7.98. The van der Waals surface area contributed by atoms with Crippen LogP contribution in [0.3, 0.4) is 0 Å². The zero-order chi connectivity index (χ0) is 15.7. The highest BCUT2D eigenvalue weighted by atomic mass is 32.2. The van der Waals surface area contributed by atoms with Crippen molar-refractivity contribution in [2.75, 3.05) is 18.2 Å². The fourth-order valence-corrected chi connectivity index (χ4v) is 3.31. The van der Waals surface area contributed by atoms with Gasteiger partial charge in [-0.2, -0.15) is 0 Å². The Balaban J connectivity index is 1.94. The van der Waals surface area contributed by atoms with E-state index in [4.69, 9.17) is 0 Å². The molecule has 0 saturated carbocycles. The molecule has 0 amide bonds. The lowest BCUT2D eigenvalue weighted by atomic mass is 10.1. The predicted octanol–water partition coefficient (Wildman–Crippen LogP) is 3.66. The predicted molar refractivity (Wildman–Crippen MR) is 91.0 cm³/mol. The van der Waals surface area contributed by atoms with Crippen LogP contribution in [0.5, 0.6) is 0 Å². The second-order valence-corrected chi connectivity index (χ2v) is 6.31. The molecular formula is C16H18N4OS. The lowest BCUT2D eigenvalue weighted by molar-refractivity contribution is 0.267. The minimum atomic E-state index is 0.327. The monoisotopic (exact) mass is 314 g/mol. The Kier molecular flexibility index (Phi) is 3.94. The van der Waals surface area contributed by atoms with Gasteiger partial charge in [-0.3, -0.25) is 0 Å². The second-order valence-electron chi connectivity index (χ2n) is 5.36. The largest absolute Gasteiger partial charge is 0.494 e. The van der Waals surface area contributed by atoms with Crippen LogP contribution in [0.2, 0.25) is 0 Å². The van der Waals surface area contributed by atoms with Crippen LogP contribution in [-0.2, 0) is 0 Å². The Morgan fingerprint density at radius 3 is 2.77 bits per heavy atom. The summed E-state index contributed by atoms with van der Waals surface area (Å²) in [4.78, 5) is 11.3. The number of rotatable bonds is 3. The van der Waals surface area contributed by atoms with Gasteiger partial charge in [-0.1, -0.05) is 17.8 Å². The molecule has 5 nitrogen and oxygen atoms in total. The lowest BCUT2D eigenvalue weighted by Gasteiger charge is -2.10. The Morgan fingerprint density at radius 1 is 1.27 bits per heavy atom. The molecule has 0 saturated heterocycles. The highest BCUT2D eigenvalue weighted by Gasteiger charge is 2.21. The van der Waals surface area contributed by atoms with Crippen LogP contribution >= 0.6 is 11.8 Å². The Labute approximate surface area is 134 Å². The van der Waals surface area contributed by atoms with E-state index in [1.165, 1.54) is 0 Å². The average molecular weight is 314 g/mol. The number of aliphatic hydroxyl groups is 1. The summed E-state index contributed by atoms with van der Waals surface area (Å²) in [5, 5.41) is 13.4. The third-order valence-corrected chi connectivity index (χ3v) is 4.58. The van der Waals surface area contributed by atoms with Gasteiger partial charge in [0.2, 0.25) is 11.8 Å². The summed E-state index contributed by atoms with van der Waals surface area (Å²) < 4.78 is 0. The number of hydrogen-bond acceptors (Lipinski definition) is 6. The van der Waals surface area contributed by atoms with E-state index in [0.717, 1.165) is 33.3 Å². The molecule has 0 aliphatic carbocycles. The lowest BCUT2D eigenvalue weighted by Crippen LogP contribution is -2.11. The zero-order valence-corrected chi connectivity index (χ0v) is 13.6. The van der Waals surface area contributed by atoms with E-state index >= 15 is 0 Å². The molecule has 6 heteroatoms. The number of anilines is 2. The van der Waals surface area contributed by atoms with E-state index in [0.29, 0.717) is 11.8 Å². The van der Waals surface area contributed by atoms with Gasteiger partial charge in [0.25, 0.3) is 0 Å². The van der Waals surface area contributed by atoms with Crippen molar-refractivity contribution in [3.8, 4) is 0 Å². The van der Waals surface area contributed by atoms with Crippen molar-refractivity contribution in [2.24, 2.45) is 0 Å². The van der Waals surface area contributed by atoms with E-state index in [9.17, 15) is 5.11 Å². The number of aryl methyl sites for hydroxylation is 2. The minimum Gasteiger partial charge on any atom is -0.494 e. The van der Waals surface area contributed by atoms with E-state index in [-0.39, 0.29) is 0 Å². The summed E-state index contributed by atoms with van der Waals surface area (Å²) in [7, 11) is 1.88. The van der Waals surface area contributed by atoms with Crippen LogP contribution < -0.4 is 5.32 Å². The average Bonchev–Trinajstić information content (AvgIpc) is 2.78. The molecule has 2 heterocycles. The van der Waals surface area contributed by atoms with Crippen molar-refractivity contribution >= 4 is 28.3 Å². The molecule has 1 aliphatic rings. The smallest absolute Gasteiger partial charge is 0.227 e. The normalized spacial score (nSPS) is 14.6. The van der Waals surface area contributed by atoms with Crippen molar-refractivity contribution in [1.29, 1.82) is 0 Å². The van der Waals surface area contributed by atoms with Gasteiger partial charge in [-0.25, -0.2) is 9.97 Å². The van der Waals surface area contributed by atoms with Gasteiger partial charge >= 0.3 is 0 Å². The molecule has 0 unspecified atom stereocenters. The van der Waals surface area contributed by atoms with E-state index < -0.39 is 0 Å². The number of aliphatic hydroxyl groups excluding tert-OH is 1. The SMILES string of the molecule is Cc1cc(Nc2nccc(C)n2)cc(C2=C(O)N(C)CS2)c1. The van der Waals surface area contributed by atoms with Crippen LogP contribution in [-0.4, -0.2) is 32.9 Å². The molecule has 0 fully saturated rings. The van der Waals surface area contributed by atoms with E-state index in [2.05, 4.69) is 21.4 Å². The first-order valence-corrected chi connectivity index (χ1v) is 7.97. The molecule has 0 radical (unpaired) electrons. The Morgan fingerprint density at radius 2 is 2.09 bits per heavy atom. The first kappa shape index (κ1) is 14.7. The van der Waals surface area contributed by atoms with Gasteiger partial charge in [-0.05, 0) is 43.2 Å². The topological polar surface area (TPSA) is 61.3 Å². The molecule has 1 aromatic heterocycles. The summed E-state index contributed by atoms with van der Waals surface area (Å²) in [5.41, 5.74) is 3.94. The van der Waals surface area contributed by atoms with Gasteiger partial charge in [0, 0.05) is 24.6 Å². The highest BCUT2D eigenvalue weighted by molar-refractivity contribution is 8.08. The van der Waals surface area contributed by atoms with Gasteiger partial charge in [0.15, 0.2) is 0 Å². The third-order valence-electron chi connectivity index (χ3n) is 3.36. The maximum atomic E-state index is 10.2. The highest BCUT2D eigenvalue weighted by Crippen LogP contribution is 2.38. The fourth-order valence-electron chi connectivity index (χ4n) is 2.30. The molecule has 2 aromatic rings. The number of aromatic nitrogens is 2. The first-order chi connectivity index (χ1) is 10.5. The van der Waals surface area contributed by atoms with Gasteiger partial charge in [-0.15, -0.1) is 0 Å². The first-order valence-electron chi connectivity index (χ1n) is 6.99. The van der Waals surface area contributed by atoms with Crippen LogP contribution in [0.25, 0.3) is 4.91 Å². The van der Waals surface area contributed by atoms with Gasteiger partial charge in [0.1, 0.15) is 0 Å². The summed E-state index contributed by atoms with van der Waals surface area (Å²) >= 11 is 1.63. The maximum Gasteiger partial charge on any atom is 0.227 e. The van der Waals surface area contributed by atoms with Crippen molar-refractivity contribution in [1.82, 2.24) is 14.9 Å². The molecule has 0 spiro atoms. The molecule has 1 aromatic carbocycles. The standard InChI is InChI=1S/C16H18N4OS/c1-10-6-12(14-15(21)20(3)9-22-14)8-13(7-10)19-16-17-5-4-11(2)18-16/h4-8,21H,9H2,1-3H3,(H,17,18,19). The molecular weight excluding hydrogens is 296 g/mol. The van der Waals surface area contributed by atoms with Gasteiger partial charge < -0.3 is 15.3 Å². The maximum absolute atomic E-state index is 10.2. The molecule has 0 bridgehead atoms. The molecule has 3 rings (SSSR count). The molecule has 114 valence electrons. The second kappa shape index (κ2) is 5.88. The zero-order valence-electron chi connectivity index (χ0n) is 12.8. The van der Waals surface area contributed by atoms with Crippen molar-refractivity contribution in [3.05, 3.63) is 53.2 Å². The fraction of sp³-hybridized carbons (Fsp3) is 0.250. The number of nitrogens with zero attached hydrogens (tertiary/aromatic N) is 3. The van der Waals surface area contributed by atoms with E-state index in [1.54, 1.807) is 18.0 Å². The van der Waals surface area contributed by atoms with Crippen LogP contribution in [0.4, 0.5) is 11.6 Å². The number of nitrogens with one attached hydrogen (secondary N) is 1. The molecule has 0 atom stereocenters. The van der Waals surface area contributed by atoms with Gasteiger partial charge in [0.05, 0.1) is 10.8 Å². The Bertz CT molecular complexity index is 745. The quantitative estimate of drug-likeness (QED) is 0.901. The van der Waals surface area contributed by atoms with Crippen LogP contribution in [0.15, 0.2) is 36.3 Å². The molecule has 22 heavy (non-hydrogen) atoms. The summed E-state index contributed by atoms with van der Waals surface area (Å²) in [5.74, 6) is 1.66. The molecule has 1 aliphatic heterocycles. The van der Waals surface area contributed by atoms with Crippen molar-refractivity contribution in [2.45, 2.75) is 13.8 Å². The Hall–Kier alpha value is -2.21. The van der Waals surface area contributed by atoms with Crippen LogP contribution in [0, 0.1) is 13.8 Å². The summed E-state index contributed by atoms with van der Waals surface area (Å²) in [6.07, 6.45) is 1.73. The number of benzene rings is 1. The van der Waals surface area contributed by atoms with Crippen molar-refractivity contribution < 1.29 is 5.11 Å².